The first kappa shape index (κ1) is 16.5. The van der Waals surface area contributed by atoms with Crippen LogP contribution in [0, 0.1) is 5.92 Å². The standard InChI is InChI=1S/C16H19N3O4S/c1-17-13-6-5-10(24(21,22)18-2)8-14(13)19-16(20)12-9-11(12)15-4-3-7-23-15/h3-8,11-12,17-18H,9H2,1-2H3,(H,19,20). The van der Waals surface area contributed by atoms with E-state index in [9.17, 15) is 13.2 Å². The Bertz CT molecular complexity index is 846. The van der Waals surface area contributed by atoms with Gasteiger partial charge in [0, 0.05) is 18.9 Å². The Morgan fingerprint density at radius 2 is 2.00 bits per heavy atom. The normalized spacial score (nSPS) is 19.8. The SMILES string of the molecule is CNc1ccc(S(=O)(=O)NC)cc1NC(=O)C1CC1c1ccco1. The van der Waals surface area contributed by atoms with Gasteiger partial charge in [0.2, 0.25) is 15.9 Å². The van der Waals surface area contributed by atoms with Crippen LogP contribution >= 0.6 is 0 Å². The number of carbonyl (C=O) groups is 1. The number of amides is 1. The van der Waals surface area contributed by atoms with Gasteiger partial charge >= 0.3 is 0 Å². The van der Waals surface area contributed by atoms with Crippen molar-refractivity contribution in [3.05, 3.63) is 42.4 Å². The second-order valence-corrected chi connectivity index (χ2v) is 7.50. The molecule has 0 radical (unpaired) electrons. The number of carbonyl (C=O) groups excluding carboxylic acids is 1. The molecule has 2 atom stereocenters. The highest BCUT2D eigenvalue weighted by Crippen LogP contribution is 2.48. The molecule has 7 nitrogen and oxygen atoms in total. The average molecular weight is 349 g/mol. The molecule has 1 heterocycles. The van der Waals surface area contributed by atoms with Crippen molar-refractivity contribution in [2.75, 3.05) is 24.7 Å². The topological polar surface area (TPSA) is 100 Å². The summed E-state index contributed by atoms with van der Waals surface area (Å²) in [6.45, 7) is 0. The molecule has 2 aromatic rings. The lowest BCUT2D eigenvalue weighted by atomic mass is 10.2. The Balaban J connectivity index is 1.79. The summed E-state index contributed by atoms with van der Waals surface area (Å²) in [5, 5.41) is 5.76. The molecule has 1 aromatic carbocycles. The molecule has 1 aliphatic carbocycles. The number of hydrogen-bond donors (Lipinski definition) is 3. The van der Waals surface area contributed by atoms with E-state index in [1.807, 2.05) is 6.07 Å². The van der Waals surface area contributed by atoms with Crippen molar-refractivity contribution in [2.45, 2.75) is 17.2 Å². The first-order valence-electron chi connectivity index (χ1n) is 7.56. The molecule has 0 spiro atoms. The van der Waals surface area contributed by atoms with Gasteiger partial charge in [-0.1, -0.05) is 0 Å². The van der Waals surface area contributed by atoms with Gasteiger partial charge in [0.05, 0.1) is 22.5 Å². The van der Waals surface area contributed by atoms with E-state index in [-0.39, 0.29) is 22.6 Å². The van der Waals surface area contributed by atoms with Crippen LogP contribution in [0.5, 0.6) is 0 Å². The maximum atomic E-state index is 12.4. The van der Waals surface area contributed by atoms with Gasteiger partial charge in [-0.15, -0.1) is 0 Å². The number of anilines is 2. The van der Waals surface area contributed by atoms with Crippen LogP contribution in [0.3, 0.4) is 0 Å². The number of hydrogen-bond acceptors (Lipinski definition) is 5. The van der Waals surface area contributed by atoms with Crippen molar-refractivity contribution in [1.29, 1.82) is 0 Å². The molecule has 0 bridgehead atoms. The molecule has 1 aliphatic rings. The molecule has 1 amide bonds. The zero-order chi connectivity index (χ0) is 17.3. The van der Waals surface area contributed by atoms with E-state index in [0.717, 1.165) is 12.2 Å². The summed E-state index contributed by atoms with van der Waals surface area (Å²) in [5.74, 6) is 0.579. The van der Waals surface area contributed by atoms with Gasteiger partial charge in [-0.05, 0) is 43.8 Å². The Morgan fingerprint density at radius 3 is 2.62 bits per heavy atom. The zero-order valence-electron chi connectivity index (χ0n) is 13.4. The van der Waals surface area contributed by atoms with Crippen molar-refractivity contribution in [2.24, 2.45) is 5.92 Å². The van der Waals surface area contributed by atoms with Gasteiger partial charge < -0.3 is 15.1 Å². The predicted molar refractivity (Wildman–Crippen MR) is 90.4 cm³/mol. The quantitative estimate of drug-likeness (QED) is 0.740. The van der Waals surface area contributed by atoms with Crippen LogP contribution in [-0.4, -0.2) is 28.4 Å². The summed E-state index contributed by atoms with van der Waals surface area (Å²) in [4.78, 5) is 12.5. The summed E-state index contributed by atoms with van der Waals surface area (Å²) >= 11 is 0. The number of benzene rings is 1. The van der Waals surface area contributed by atoms with Crippen molar-refractivity contribution >= 4 is 27.3 Å². The lowest BCUT2D eigenvalue weighted by Crippen LogP contribution is -2.20. The van der Waals surface area contributed by atoms with Crippen LogP contribution in [0.2, 0.25) is 0 Å². The van der Waals surface area contributed by atoms with Gasteiger partial charge in [-0.3, -0.25) is 4.79 Å². The maximum Gasteiger partial charge on any atom is 0.240 e. The molecular formula is C16H19N3O4S. The third kappa shape index (κ3) is 3.15. The number of sulfonamides is 1. The molecule has 2 unspecified atom stereocenters. The van der Waals surface area contributed by atoms with E-state index in [4.69, 9.17) is 4.42 Å². The van der Waals surface area contributed by atoms with Gasteiger partial charge in [-0.2, -0.15) is 0 Å². The number of rotatable bonds is 6. The smallest absolute Gasteiger partial charge is 0.240 e. The van der Waals surface area contributed by atoms with Crippen LogP contribution < -0.4 is 15.4 Å². The van der Waals surface area contributed by atoms with Crippen LogP contribution in [-0.2, 0) is 14.8 Å². The van der Waals surface area contributed by atoms with E-state index < -0.39 is 10.0 Å². The van der Waals surface area contributed by atoms with Crippen LogP contribution in [0.25, 0.3) is 0 Å². The highest BCUT2D eigenvalue weighted by Gasteiger charge is 2.46. The summed E-state index contributed by atoms with van der Waals surface area (Å²) < 4.78 is 31.5. The molecule has 24 heavy (non-hydrogen) atoms. The second-order valence-electron chi connectivity index (χ2n) is 5.62. The number of nitrogens with one attached hydrogen (secondary N) is 3. The average Bonchev–Trinajstić information content (AvgIpc) is 3.20. The van der Waals surface area contributed by atoms with E-state index >= 15 is 0 Å². The van der Waals surface area contributed by atoms with Crippen molar-refractivity contribution in [3.8, 4) is 0 Å². The predicted octanol–water partition coefficient (Wildman–Crippen LogP) is 1.97. The van der Waals surface area contributed by atoms with E-state index in [0.29, 0.717) is 11.4 Å². The Morgan fingerprint density at radius 1 is 1.21 bits per heavy atom. The number of furan rings is 1. The summed E-state index contributed by atoms with van der Waals surface area (Å²) in [7, 11) is -0.523. The molecule has 3 N–H and O–H groups in total. The van der Waals surface area contributed by atoms with E-state index in [2.05, 4.69) is 15.4 Å². The van der Waals surface area contributed by atoms with E-state index in [1.165, 1.54) is 19.2 Å². The lowest BCUT2D eigenvalue weighted by Gasteiger charge is -2.13. The van der Waals surface area contributed by atoms with Crippen LogP contribution in [0.4, 0.5) is 11.4 Å². The highest BCUT2D eigenvalue weighted by atomic mass is 32.2. The molecule has 1 saturated carbocycles. The van der Waals surface area contributed by atoms with Crippen molar-refractivity contribution in [3.63, 3.8) is 0 Å². The Kier molecular flexibility index (Phi) is 4.33. The molecule has 3 rings (SSSR count). The molecule has 8 heteroatoms. The molecule has 1 aromatic heterocycles. The van der Waals surface area contributed by atoms with Crippen LogP contribution in [0.1, 0.15) is 18.1 Å². The Hall–Kier alpha value is -2.32. The van der Waals surface area contributed by atoms with E-state index in [1.54, 1.807) is 25.4 Å². The van der Waals surface area contributed by atoms with Crippen molar-refractivity contribution < 1.29 is 17.6 Å². The fourth-order valence-corrected chi connectivity index (χ4v) is 3.41. The molecule has 0 saturated heterocycles. The van der Waals surface area contributed by atoms with Gasteiger partial charge in [0.15, 0.2) is 0 Å². The van der Waals surface area contributed by atoms with Gasteiger partial charge in [0.1, 0.15) is 5.76 Å². The largest absolute Gasteiger partial charge is 0.469 e. The summed E-state index contributed by atoms with van der Waals surface area (Å²) in [6, 6.07) is 8.21. The first-order valence-corrected chi connectivity index (χ1v) is 9.04. The molecule has 128 valence electrons. The minimum absolute atomic E-state index is 0.0854. The maximum absolute atomic E-state index is 12.4. The summed E-state index contributed by atoms with van der Waals surface area (Å²) in [6.07, 6.45) is 2.32. The van der Waals surface area contributed by atoms with Crippen molar-refractivity contribution in [1.82, 2.24) is 4.72 Å². The monoisotopic (exact) mass is 349 g/mol. The first-order chi connectivity index (χ1) is 11.5. The fourth-order valence-electron chi connectivity index (χ4n) is 2.66. The minimum atomic E-state index is -3.58. The lowest BCUT2D eigenvalue weighted by molar-refractivity contribution is -0.117. The van der Waals surface area contributed by atoms with Gasteiger partial charge in [-0.25, -0.2) is 13.1 Å². The summed E-state index contributed by atoms with van der Waals surface area (Å²) in [5.41, 5.74) is 1.08. The van der Waals surface area contributed by atoms with Gasteiger partial charge in [0.25, 0.3) is 0 Å². The highest BCUT2D eigenvalue weighted by molar-refractivity contribution is 7.89. The minimum Gasteiger partial charge on any atom is -0.469 e. The van der Waals surface area contributed by atoms with Crippen LogP contribution in [0.15, 0.2) is 45.9 Å². The molecule has 1 fully saturated rings. The fraction of sp³-hybridized carbons (Fsp3) is 0.312. The third-order valence-corrected chi connectivity index (χ3v) is 5.55. The molecular weight excluding hydrogens is 330 g/mol. The molecule has 0 aliphatic heterocycles. The Labute approximate surface area is 140 Å². The second kappa shape index (κ2) is 6.29. The third-order valence-electron chi connectivity index (χ3n) is 4.13. The zero-order valence-corrected chi connectivity index (χ0v) is 14.2.